The monoisotopic (exact) mass is 257 g/mol. The average Bonchev–Trinajstić information content (AvgIpc) is 2.34. The summed E-state index contributed by atoms with van der Waals surface area (Å²) in [5, 5.41) is 19.2. The predicted molar refractivity (Wildman–Crippen MR) is 63.2 cm³/mol. The molecule has 1 saturated heterocycles. The van der Waals surface area contributed by atoms with Crippen molar-refractivity contribution in [3.8, 4) is 0 Å². The molecule has 1 aromatic carbocycles. The number of piperidine rings is 1. The number of rotatable bonds is 3. The molecule has 0 aliphatic carbocycles. The van der Waals surface area contributed by atoms with Crippen molar-refractivity contribution in [2.45, 2.75) is 25.2 Å². The number of halogens is 2. The predicted octanol–water partition coefficient (Wildman–Crippen LogP) is 1.11. The minimum Gasteiger partial charge on any atom is -0.390 e. The number of hydrogen-bond donors (Lipinski definition) is 2. The fraction of sp³-hybridized carbons (Fsp3) is 0.538. The normalized spacial score (nSPS) is 29.7. The number of alkyl halides is 2. The summed E-state index contributed by atoms with van der Waals surface area (Å²) in [4.78, 5) is 1.75. The number of β-amino-alcohol motifs (C(OH)–C–C–N with tert-alkyl or cyclic N) is 1. The molecule has 1 aliphatic rings. The fourth-order valence-electron chi connectivity index (χ4n) is 2.34. The molecule has 0 spiro atoms. The first-order valence-electron chi connectivity index (χ1n) is 5.98. The van der Waals surface area contributed by atoms with Gasteiger partial charge in [-0.3, -0.25) is 4.90 Å². The number of aliphatic hydroxyl groups is 2. The molecule has 0 bridgehead atoms. The largest absolute Gasteiger partial charge is 0.390 e. The van der Waals surface area contributed by atoms with Crippen LogP contribution in [0, 0.1) is 5.92 Å². The molecule has 100 valence electrons. The number of hydrogen-bond acceptors (Lipinski definition) is 3. The first-order valence-corrected chi connectivity index (χ1v) is 5.98. The second kappa shape index (κ2) is 5.73. The highest BCUT2D eigenvalue weighted by atomic mass is 19.3. The van der Waals surface area contributed by atoms with Crippen molar-refractivity contribution in [1.82, 2.24) is 4.90 Å². The van der Waals surface area contributed by atoms with Crippen molar-refractivity contribution in [2.24, 2.45) is 5.92 Å². The molecule has 3 unspecified atom stereocenters. The Bertz CT molecular complexity index is 375. The maximum atomic E-state index is 12.8. The molecule has 0 radical (unpaired) electrons. The van der Waals surface area contributed by atoms with E-state index >= 15 is 0 Å². The molecule has 1 aromatic rings. The van der Waals surface area contributed by atoms with Crippen LogP contribution < -0.4 is 0 Å². The summed E-state index contributed by atoms with van der Waals surface area (Å²) in [6, 6.07) is 9.48. The molecular formula is C13H17F2NO2. The van der Waals surface area contributed by atoms with Crippen LogP contribution in [0.4, 0.5) is 8.78 Å². The Morgan fingerprint density at radius 3 is 2.44 bits per heavy atom. The Hall–Kier alpha value is -1.04. The van der Waals surface area contributed by atoms with Gasteiger partial charge in [0, 0.05) is 19.6 Å². The third-order valence-electron chi connectivity index (χ3n) is 3.32. The Morgan fingerprint density at radius 2 is 1.83 bits per heavy atom. The lowest BCUT2D eigenvalue weighted by molar-refractivity contribution is -0.118. The van der Waals surface area contributed by atoms with Gasteiger partial charge in [-0.2, -0.15) is 0 Å². The fourth-order valence-corrected chi connectivity index (χ4v) is 2.34. The lowest BCUT2D eigenvalue weighted by atomic mass is 9.92. The highest BCUT2D eigenvalue weighted by molar-refractivity contribution is 5.14. The third-order valence-corrected chi connectivity index (χ3v) is 3.32. The first-order chi connectivity index (χ1) is 8.58. The highest BCUT2D eigenvalue weighted by Gasteiger charge is 2.39. The van der Waals surface area contributed by atoms with Gasteiger partial charge in [0.2, 0.25) is 6.43 Å². The molecule has 0 amide bonds. The SMILES string of the molecule is OC1CN(Cc2ccccc2)CC(C(F)F)C1O. The van der Waals surface area contributed by atoms with Gasteiger partial charge in [0.05, 0.1) is 18.1 Å². The van der Waals surface area contributed by atoms with E-state index in [-0.39, 0.29) is 13.1 Å². The van der Waals surface area contributed by atoms with Gasteiger partial charge in [-0.1, -0.05) is 30.3 Å². The zero-order valence-corrected chi connectivity index (χ0v) is 9.92. The van der Waals surface area contributed by atoms with Crippen molar-refractivity contribution < 1.29 is 19.0 Å². The summed E-state index contributed by atoms with van der Waals surface area (Å²) < 4.78 is 25.5. The molecule has 18 heavy (non-hydrogen) atoms. The zero-order chi connectivity index (χ0) is 13.1. The summed E-state index contributed by atoms with van der Waals surface area (Å²) in [6.45, 7) is 0.831. The smallest absolute Gasteiger partial charge is 0.245 e. The van der Waals surface area contributed by atoms with E-state index in [2.05, 4.69) is 0 Å². The van der Waals surface area contributed by atoms with E-state index in [4.69, 9.17) is 0 Å². The summed E-state index contributed by atoms with van der Waals surface area (Å²) in [7, 11) is 0. The van der Waals surface area contributed by atoms with E-state index < -0.39 is 24.6 Å². The lowest BCUT2D eigenvalue weighted by Gasteiger charge is -2.38. The van der Waals surface area contributed by atoms with Crippen LogP contribution >= 0.6 is 0 Å². The molecule has 3 nitrogen and oxygen atoms in total. The molecule has 5 heteroatoms. The Balaban J connectivity index is 2.02. The second-order valence-electron chi connectivity index (χ2n) is 4.74. The van der Waals surface area contributed by atoms with Crippen molar-refractivity contribution in [3.63, 3.8) is 0 Å². The minimum absolute atomic E-state index is 0.102. The van der Waals surface area contributed by atoms with E-state index in [0.717, 1.165) is 5.56 Å². The number of nitrogens with zero attached hydrogens (tertiary/aromatic N) is 1. The maximum absolute atomic E-state index is 12.8. The van der Waals surface area contributed by atoms with Crippen molar-refractivity contribution >= 4 is 0 Å². The molecule has 1 fully saturated rings. The van der Waals surface area contributed by atoms with Gasteiger partial charge in [-0.15, -0.1) is 0 Å². The molecule has 2 N–H and O–H groups in total. The second-order valence-corrected chi connectivity index (χ2v) is 4.74. The van der Waals surface area contributed by atoms with E-state index in [9.17, 15) is 19.0 Å². The number of likely N-dealkylation sites (tertiary alicyclic amines) is 1. The van der Waals surface area contributed by atoms with Crippen molar-refractivity contribution in [3.05, 3.63) is 35.9 Å². The standard InChI is InChI=1S/C13H17F2NO2/c14-13(15)10-7-16(8-11(17)12(10)18)6-9-4-2-1-3-5-9/h1-5,10-13,17-18H,6-8H2. The Labute approximate surface area is 105 Å². The van der Waals surface area contributed by atoms with Crippen LogP contribution in [-0.4, -0.2) is 46.8 Å². The van der Waals surface area contributed by atoms with Gasteiger partial charge in [-0.05, 0) is 5.56 Å². The lowest BCUT2D eigenvalue weighted by Crippen LogP contribution is -2.54. The van der Waals surface area contributed by atoms with E-state index in [1.165, 1.54) is 0 Å². The van der Waals surface area contributed by atoms with Crippen molar-refractivity contribution in [1.29, 1.82) is 0 Å². The topological polar surface area (TPSA) is 43.7 Å². The van der Waals surface area contributed by atoms with Crippen LogP contribution in [0.25, 0.3) is 0 Å². The molecular weight excluding hydrogens is 240 g/mol. The summed E-state index contributed by atoms with van der Waals surface area (Å²) in [6.07, 6.45) is -5.06. The molecule has 1 aliphatic heterocycles. The molecule has 1 heterocycles. The minimum atomic E-state index is -2.62. The highest BCUT2D eigenvalue weighted by Crippen LogP contribution is 2.24. The van der Waals surface area contributed by atoms with Gasteiger partial charge in [0.25, 0.3) is 0 Å². The van der Waals surface area contributed by atoms with Crippen LogP contribution in [0.3, 0.4) is 0 Å². The summed E-state index contributed by atoms with van der Waals surface area (Å²) >= 11 is 0. The molecule has 2 rings (SSSR count). The zero-order valence-electron chi connectivity index (χ0n) is 9.92. The van der Waals surface area contributed by atoms with Gasteiger partial charge >= 0.3 is 0 Å². The third kappa shape index (κ3) is 3.04. The average molecular weight is 257 g/mol. The number of aliphatic hydroxyl groups excluding tert-OH is 2. The van der Waals surface area contributed by atoms with Crippen LogP contribution in [-0.2, 0) is 6.54 Å². The van der Waals surface area contributed by atoms with Crippen LogP contribution in [0.5, 0.6) is 0 Å². The van der Waals surface area contributed by atoms with Crippen LogP contribution in [0.1, 0.15) is 5.56 Å². The van der Waals surface area contributed by atoms with E-state index in [0.29, 0.717) is 6.54 Å². The van der Waals surface area contributed by atoms with Gasteiger partial charge in [0.1, 0.15) is 0 Å². The van der Waals surface area contributed by atoms with Gasteiger partial charge in [-0.25, -0.2) is 8.78 Å². The Morgan fingerprint density at radius 1 is 1.17 bits per heavy atom. The van der Waals surface area contributed by atoms with E-state index in [1.807, 2.05) is 30.3 Å². The first kappa shape index (κ1) is 13.4. The molecule has 0 saturated carbocycles. The quantitative estimate of drug-likeness (QED) is 0.852. The number of benzene rings is 1. The van der Waals surface area contributed by atoms with Crippen molar-refractivity contribution in [2.75, 3.05) is 13.1 Å². The van der Waals surface area contributed by atoms with Gasteiger partial charge in [0.15, 0.2) is 0 Å². The summed E-state index contributed by atoms with van der Waals surface area (Å²) in [5.41, 5.74) is 1.01. The Kier molecular flexibility index (Phi) is 4.27. The van der Waals surface area contributed by atoms with Crippen LogP contribution in [0.15, 0.2) is 30.3 Å². The summed E-state index contributed by atoms with van der Waals surface area (Å²) in [5.74, 6) is -1.18. The van der Waals surface area contributed by atoms with E-state index in [1.54, 1.807) is 4.90 Å². The molecule has 3 atom stereocenters. The maximum Gasteiger partial charge on any atom is 0.245 e. The van der Waals surface area contributed by atoms with Gasteiger partial charge < -0.3 is 10.2 Å². The molecule has 0 aromatic heterocycles. The van der Waals surface area contributed by atoms with Crippen LogP contribution in [0.2, 0.25) is 0 Å².